The molecular weight excluding hydrogens is 454 g/mol. The first kappa shape index (κ1) is 25.1. The number of ether oxygens (including phenoxy) is 1. The minimum atomic E-state index is -0.273. The summed E-state index contributed by atoms with van der Waals surface area (Å²) in [6.45, 7) is 4.89. The van der Waals surface area contributed by atoms with E-state index in [2.05, 4.69) is 86.8 Å². The fraction of sp³-hybridized carbons (Fsp3) is 0.324. The Kier molecular flexibility index (Phi) is 7.89. The number of carbonyl (C=O) groups is 1. The molecule has 1 saturated heterocycles. The number of benzene rings is 3. The lowest BCUT2D eigenvalue weighted by Gasteiger charge is -2.25. The van der Waals surface area contributed by atoms with Crippen molar-refractivity contribution in [3.8, 4) is 0 Å². The van der Waals surface area contributed by atoms with E-state index in [9.17, 15) is 4.79 Å². The van der Waals surface area contributed by atoms with E-state index < -0.39 is 0 Å². The number of allylic oxidation sites excluding steroid dienone is 3. The number of carbonyl (C=O) groups excluding carboxylic acids is 1. The predicted octanol–water partition coefficient (Wildman–Crippen LogP) is 9.15. The Morgan fingerprint density at radius 2 is 1.51 bits per heavy atom. The van der Waals surface area contributed by atoms with Crippen molar-refractivity contribution >= 4 is 17.2 Å². The first-order valence-corrected chi connectivity index (χ1v) is 13.8. The molecule has 1 aliphatic carbocycles. The highest BCUT2D eigenvalue weighted by atomic mass is 16.6. The van der Waals surface area contributed by atoms with Gasteiger partial charge in [-0.2, -0.15) is 0 Å². The molecule has 1 fully saturated rings. The Balaban J connectivity index is 1.68. The quantitative estimate of drug-likeness (QED) is 0.283. The van der Waals surface area contributed by atoms with Crippen molar-refractivity contribution in [3.05, 3.63) is 119 Å². The van der Waals surface area contributed by atoms with Gasteiger partial charge in [-0.05, 0) is 52.7 Å². The molecule has 0 radical (unpaired) electrons. The average molecular weight is 492 g/mol. The van der Waals surface area contributed by atoms with Gasteiger partial charge in [0.25, 0.3) is 0 Å². The molecule has 2 unspecified atom stereocenters. The highest BCUT2D eigenvalue weighted by molar-refractivity contribution is 6.01. The van der Waals surface area contributed by atoms with E-state index in [1.807, 2.05) is 23.1 Å². The smallest absolute Gasteiger partial charge is 0.414 e. The molecule has 5 rings (SSSR count). The summed E-state index contributed by atoms with van der Waals surface area (Å²) in [6, 6.07) is 29.8. The molecule has 2 atom stereocenters. The van der Waals surface area contributed by atoms with Crippen LogP contribution in [-0.2, 0) is 4.74 Å². The molecule has 190 valence electrons. The van der Waals surface area contributed by atoms with E-state index in [1.54, 1.807) is 0 Å². The van der Waals surface area contributed by atoms with E-state index in [1.165, 1.54) is 33.4 Å². The van der Waals surface area contributed by atoms with Crippen molar-refractivity contribution in [1.29, 1.82) is 0 Å². The first-order valence-electron chi connectivity index (χ1n) is 13.8. The highest BCUT2D eigenvalue weighted by Crippen LogP contribution is 2.51. The maximum atomic E-state index is 13.1. The number of rotatable bonds is 10. The Labute approximate surface area is 221 Å². The van der Waals surface area contributed by atoms with Crippen LogP contribution in [0.15, 0.2) is 96.7 Å². The number of hydrogen-bond acceptors (Lipinski definition) is 2. The van der Waals surface area contributed by atoms with Crippen LogP contribution in [0.4, 0.5) is 4.79 Å². The molecule has 3 aromatic carbocycles. The predicted molar refractivity (Wildman–Crippen MR) is 152 cm³/mol. The van der Waals surface area contributed by atoms with Gasteiger partial charge in [0.15, 0.2) is 0 Å². The summed E-state index contributed by atoms with van der Waals surface area (Å²) in [4.78, 5) is 14.9. The molecule has 1 heterocycles. The maximum Gasteiger partial charge on any atom is 0.414 e. The van der Waals surface area contributed by atoms with Crippen LogP contribution in [0.5, 0.6) is 0 Å². The fourth-order valence-electron chi connectivity index (χ4n) is 5.81. The molecule has 0 spiro atoms. The lowest BCUT2D eigenvalue weighted by molar-refractivity contribution is 0.166. The topological polar surface area (TPSA) is 29.5 Å². The summed E-state index contributed by atoms with van der Waals surface area (Å²) >= 11 is 0. The van der Waals surface area contributed by atoms with E-state index in [0.29, 0.717) is 6.61 Å². The van der Waals surface area contributed by atoms with E-state index in [-0.39, 0.29) is 18.1 Å². The zero-order valence-electron chi connectivity index (χ0n) is 22.0. The number of unbranched alkanes of at least 4 members (excludes halogenated alkanes) is 2. The average Bonchev–Trinajstić information content (AvgIpc) is 3.46. The van der Waals surface area contributed by atoms with E-state index in [0.717, 1.165) is 44.1 Å². The van der Waals surface area contributed by atoms with Gasteiger partial charge in [0.05, 0.1) is 6.04 Å². The van der Waals surface area contributed by atoms with Crippen LogP contribution in [0.2, 0.25) is 0 Å². The van der Waals surface area contributed by atoms with E-state index in [4.69, 9.17) is 4.74 Å². The standard InChI is InChI=1S/C34H37NO2/c1-3-5-19-27(25-15-9-7-10-16-25)33-30(20-6-4-2)28-21-13-14-22-29(28)31(33)23-35-32(24-37-34(35)36)26-17-11-8-12-18-26/h7-18,21-23,27,32H,3-6,19-20,24H2,1-2H3/b31-23+. The minimum Gasteiger partial charge on any atom is -0.447 e. The van der Waals surface area contributed by atoms with Gasteiger partial charge in [-0.15, -0.1) is 0 Å². The fourth-order valence-corrected chi connectivity index (χ4v) is 5.81. The van der Waals surface area contributed by atoms with Crippen molar-refractivity contribution in [2.24, 2.45) is 0 Å². The summed E-state index contributed by atoms with van der Waals surface area (Å²) in [5.74, 6) is 0.278. The summed E-state index contributed by atoms with van der Waals surface area (Å²) in [5, 5.41) is 0. The molecule has 0 N–H and O–H groups in total. The number of hydrogen-bond donors (Lipinski definition) is 0. The maximum absolute atomic E-state index is 13.1. The molecular formula is C34H37NO2. The summed E-state index contributed by atoms with van der Waals surface area (Å²) in [6.07, 6.45) is 8.57. The normalized spacial score (nSPS) is 18.9. The first-order chi connectivity index (χ1) is 18.2. The summed E-state index contributed by atoms with van der Waals surface area (Å²) in [5.41, 5.74) is 9.00. The van der Waals surface area contributed by atoms with Gasteiger partial charge in [0.2, 0.25) is 0 Å². The van der Waals surface area contributed by atoms with Gasteiger partial charge < -0.3 is 4.74 Å². The monoisotopic (exact) mass is 491 g/mol. The highest BCUT2D eigenvalue weighted by Gasteiger charge is 2.37. The van der Waals surface area contributed by atoms with Crippen LogP contribution in [0, 0.1) is 0 Å². The number of amides is 1. The largest absolute Gasteiger partial charge is 0.447 e. The Hall–Kier alpha value is -3.59. The Bertz CT molecular complexity index is 1280. The molecule has 3 heteroatoms. The molecule has 2 aliphatic rings. The molecule has 0 bridgehead atoms. The van der Waals surface area contributed by atoms with E-state index >= 15 is 0 Å². The van der Waals surface area contributed by atoms with Crippen LogP contribution in [0.1, 0.15) is 86.6 Å². The van der Waals surface area contributed by atoms with Crippen molar-refractivity contribution in [2.75, 3.05) is 6.61 Å². The van der Waals surface area contributed by atoms with Crippen molar-refractivity contribution in [1.82, 2.24) is 4.90 Å². The second-order valence-corrected chi connectivity index (χ2v) is 10.1. The third-order valence-corrected chi connectivity index (χ3v) is 7.70. The third-order valence-electron chi connectivity index (χ3n) is 7.70. The van der Waals surface area contributed by atoms with Gasteiger partial charge in [0, 0.05) is 17.7 Å². The van der Waals surface area contributed by atoms with Gasteiger partial charge >= 0.3 is 6.09 Å². The lowest BCUT2D eigenvalue weighted by Crippen LogP contribution is -2.22. The SMILES string of the molecule is CCCCC1=C(C(CCCC)c2ccccc2)/C(=C/N2C(=O)OCC2c2ccccc2)c2ccccc21. The van der Waals surface area contributed by atoms with Gasteiger partial charge in [-0.25, -0.2) is 4.79 Å². The zero-order chi connectivity index (χ0) is 25.6. The zero-order valence-corrected chi connectivity index (χ0v) is 22.0. The second kappa shape index (κ2) is 11.6. The van der Waals surface area contributed by atoms with Gasteiger partial charge in [-0.3, -0.25) is 4.90 Å². The molecule has 3 aromatic rings. The van der Waals surface area contributed by atoms with Crippen LogP contribution >= 0.6 is 0 Å². The molecule has 3 nitrogen and oxygen atoms in total. The van der Waals surface area contributed by atoms with Crippen molar-refractivity contribution < 1.29 is 9.53 Å². The lowest BCUT2D eigenvalue weighted by atomic mass is 9.81. The molecule has 1 aliphatic heterocycles. The third kappa shape index (κ3) is 5.13. The molecule has 37 heavy (non-hydrogen) atoms. The molecule has 1 amide bonds. The van der Waals surface area contributed by atoms with Crippen LogP contribution < -0.4 is 0 Å². The minimum absolute atomic E-state index is 0.125. The second-order valence-electron chi connectivity index (χ2n) is 10.1. The number of cyclic esters (lactones) is 1. The molecule has 0 aromatic heterocycles. The number of nitrogens with zero attached hydrogens (tertiary/aromatic N) is 1. The summed E-state index contributed by atoms with van der Waals surface area (Å²) in [7, 11) is 0. The van der Waals surface area contributed by atoms with Crippen LogP contribution in [-0.4, -0.2) is 17.6 Å². The Morgan fingerprint density at radius 1 is 0.865 bits per heavy atom. The molecule has 0 saturated carbocycles. The van der Waals surface area contributed by atoms with Crippen LogP contribution in [0.3, 0.4) is 0 Å². The number of fused-ring (bicyclic) bond motifs is 1. The van der Waals surface area contributed by atoms with Crippen LogP contribution in [0.25, 0.3) is 11.1 Å². The van der Waals surface area contributed by atoms with Gasteiger partial charge in [0.1, 0.15) is 6.61 Å². The van der Waals surface area contributed by atoms with Crippen molar-refractivity contribution in [3.63, 3.8) is 0 Å². The Morgan fingerprint density at radius 3 is 2.22 bits per heavy atom. The summed E-state index contributed by atoms with van der Waals surface area (Å²) < 4.78 is 5.59. The van der Waals surface area contributed by atoms with Gasteiger partial charge in [-0.1, -0.05) is 118 Å². The van der Waals surface area contributed by atoms with Crippen molar-refractivity contribution in [2.45, 2.75) is 64.3 Å².